The molecular weight excluding hydrogens is 463 g/mol. The average molecular weight is 477 g/mol. The fraction of sp³-hybridized carbons (Fsp3) is 0.150. The van der Waals surface area contributed by atoms with Gasteiger partial charge in [0.1, 0.15) is 11.6 Å². The first-order valence-corrected chi connectivity index (χ1v) is 10.3. The lowest BCUT2D eigenvalue weighted by Crippen LogP contribution is -2.59. The van der Waals surface area contributed by atoms with Gasteiger partial charge >= 0.3 is 6.03 Å². The molecule has 164 valence electrons. The number of aromatic nitrogens is 1. The molecule has 0 bridgehead atoms. The van der Waals surface area contributed by atoms with Crippen molar-refractivity contribution in [1.82, 2.24) is 14.8 Å². The van der Waals surface area contributed by atoms with Gasteiger partial charge in [0.25, 0.3) is 17.0 Å². The molecular formula is C20H14ClFN4O5S. The van der Waals surface area contributed by atoms with Gasteiger partial charge in [0.2, 0.25) is 5.91 Å². The Bertz CT molecular complexity index is 1250. The number of thiazole rings is 1. The van der Waals surface area contributed by atoms with Gasteiger partial charge in [-0.1, -0.05) is 22.9 Å². The van der Waals surface area contributed by atoms with Gasteiger partial charge in [-0.3, -0.25) is 24.2 Å². The molecule has 32 heavy (non-hydrogen) atoms. The normalized spacial score (nSPS) is 14.9. The van der Waals surface area contributed by atoms with Crippen LogP contribution in [0.4, 0.5) is 14.9 Å². The van der Waals surface area contributed by atoms with E-state index in [-0.39, 0.29) is 10.2 Å². The highest BCUT2D eigenvalue weighted by atomic mass is 35.5. The minimum Gasteiger partial charge on any atom is -0.431 e. The summed E-state index contributed by atoms with van der Waals surface area (Å²) in [5.74, 6) is -4.49. The van der Waals surface area contributed by atoms with E-state index >= 15 is 0 Å². The van der Waals surface area contributed by atoms with Crippen LogP contribution in [-0.4, -0.2) is 52.6 Å². The number of fused-ring (bicyclic) bond motifs is 1. The highest BCUT2D eigenvalue weighted by molar-refractivity contribution is 7.20. The number of ether oxygens (including phenoxy) is 1. The Balaban J connectivity index is 1.47. The maximum absolute atomic E-state index is 13.6. The number of rotatable bonds is 4. The number of nitrogens with one attached hydrogen (secondary N) is 1. The monoisotopic (exact) mass is 476 g/mol. The van der Waals surface area contributed by atoms with Gasteiger partial charge in [0.05, 0.1) is 15.2 Å². The number of urea groups is 1. The summed E-state index contributed by atoms with van der Waals surface area (Å²) in [6, 6.07) is 8.00. The summed E-state index contributed by atoms with van der Waals surface area (Å²) in [5, 5.41) is 2.70. The number of carbonyl (C=O) groups excluding carboxylic acids is 4. The van der Waals surface area contributed by atoms with Crippen LogP contribution in [0, 0.1) is 11.7 Å². The van der Waals surface area contributed by atoms with Crippen LogP contribution in [0.15, 0.2) is 36.4 Å². The zero-order valence-electron chi connectivity index (χ0n) is 16.6. The molecule has 1 aromatic heterocycles. The van der Waals surface area contributed by atoms with Crippen molar-refractivity contribution < 1.29 is 28.3 Å². The molecule has 1 N–H and O–H groups in total. The van der Waals surface area contributed by atoms with Crippen molar-refractivity contribution in [3.63, 3.8) is 0 Å². The third kappa shape index (κ3) is 3.76. The Morgan fingerprint density at radius 2 is 1.72 bits per heavy atom. The molecule has 2 heterocycles. The lowest BCUT2D eigenvalue weighted by Gasteiger charge is -2.32. The third-order valence-corrected chi connectivity index (χ3v) is 6.20. The predicted octanol–water partition coefficient (Wildman–Crippen LogP) is 3.49. The van der Waals surface area contributed by atoms with Gasteiger partial charge < -0.3 is 10.1 Å². The summed E-state index contributed by atoms with van der Waals surface area (Å²) < 4.78 is 19.7. The first kappa shape index (κ1) is 21.7. The van der Waals surface area contributed by atoms with Crippen LogP contribution < -0.4 is 10.1 Å². The van der Waals surface area contributed by atoms with E-state index in [0.29, 0.717) is 21.7 Å². The molecule has 3 aromatic rings. The van der Waals surface area contributed by atoms with Crippen LogP contribution in [-0.2, 0) is 14.4 Å². The van der Waals surface area contributed by atoms with E-state index in [1.807, 2.05) is 0 Å². The quantitative estimate of drug-likeness (QED) is 0.577. The number of amides is 5. The van der Waals surface area contributed by atoms with Crippen LogP contribution in [0.2, 0.25) is 5.02 Å². The Kier molecular flexibility index (Phi) is 5.53. The Morgan fingerprint density at radius 1 is 1.09 bits per heavy atom. The van der Waals surface area contributed by atoms with Crippen molar-refractivity contribution in [3.8, 4) is 10.9 Å². The van der Waals surface area contributed by atoms with Crippen LogP contribution in [0.1, 0.15) is 0 Å². The first-order chi connectivity index (χ1) is 15.2. The summed E-state index contributed by atoms with van der Waals surface area (Å²) in [7, 11) is 2.40. The molecule has 1 aliphatic heterocycles. The highest BCUT2D eigenvalue weighted by Crippen LogP contribution is 2.36. The van der Waals surface area contributed by atoms with Crippen molar-refractivity contribution >= 4 is 62.6 Å². The zero-order valence-corrected chi connectivity index (χ0v) is 18.2. The second kappa shape index (κ2) is 8.17. The minimum absolute atomic E-state index is 0.0299. The van der Waals surface area contributed by atoms with Crippen LogP contribution in [0.3, 0.4) is 0 Å². The molecule has 0 atom stereocenters. The van der Waals surface area contributed by atoms with Gasteiger partial charge in [-0.15, -0.1) is 0 Å². The van der Waals surface area contributed by atoms with E-state index in [1.165, 1.54) is 50.5 Å². The largest absolute Gasteiger partial charge is 0.431 e. The number of nitrogens with zero attached hydrogens (tertiary/aromatic N) is 3. The predicted molar refractivity (Wildman–Crippen MR) is 114 cm³/mol. The summed E-state index contributed by atoms with van der Waals surface area (Å²) >= 11 is 7.03. The van der Waals surface area contributed by atoms with Gasteiger partial charge in [-0.25, -0.2) is 14.2 Å². The molecule has 4 rings (SSSR count). The number of barbiturate groups is 1. The third-order valence-electron chi connectivity index (χ3n) is 4.75. The molecule has 2 aromatic carbocycles. The van der Waals surface area contributed by atoms with Gasteiger partial charge in [0, 0.05) is 19.8 Å². The molecule has 0 aliphatic carbocycles. The van der Waals surface area contributed by atoms with Crippen molar-refractivity contribution in [1.29, 1.82) is 0 Å². The molecule has 0 radical (unpaired) electrons. The molecule has 12 heteroatoms. The number of hydrogen-bond acceptors (Lipinski definition) is 7. The van der Waals surface area contributed by atoms with E-state index in [0.717, 1.165) is 21.1 Å². The molecule has 0 saturated carbocycles. The smallest absolute Gasteiger partial charge is 0.332 e. The maximum atomic E-state index is 13.6. The second-order valence-corrected chi connectivity index (χ2v) is 8.15. The fourth-order valence-corrected chi connectivity index (χ4v) is 4.15. The molecule has 9 nitrogen and oxygen atoms in total. The van der Waals surface area contributed by atoms with Crippen LogP contribution in [0.5, 0.6) is 10.9 Å². The molecule has 0 spiro atoms. The van der Waals surface area contributed by atoms with E-state index in [2.05, 4.69) is 10.3 Å². The number of anilines is 1. The van der Waals surface area contributed by atoms with E-state index in [9.17, 15) is 23.6 Å². The molecule has 1 saturated heterocycles. The van der Waals surface area contributed by atoms with Gasteiger partial charge in [-0.05, 0) is 36.4 Å². The standard InChI is InChI=1S/C20H14ClFN4O5S/c1-25-17(28)13(18(29)26(2)20(25)30)16(27)23-9-3-5-10(6-4-9)31-19-24-12-8-7-11(22)14(21)15(12)32-19/h3-8,13H,1-2H3,(H,23,27). The lowest BCUT2D eigenvalue weighted by molar-refractivity contribution is -0.151. The van der Waals surface area contributed by atoms with Crippen molar-refractivity contribution in [3.05, 3.63) is 47.2 Å². The highest BCUT2D eigenvalue weighted by Gasteiger charge is 2.46. The molecule has 5 amide bonds. The van der Waals surface area contributed by atoms with E-state index in [4.69, 9.17) is 16.3 Å². The summed E-state index contributed by atoms with van der Waals surface area (Å²) in [4.78, 5) is 54.5. The second-order valence-electron chi connectivity index (χ2n) is 6.82. The molecule has 1 aliphatic rings. The van der Waals surface area contributed by atoms with Gasteiger partial charge in [0.15, 0.2) is 5.92 Å². The zero-order chi connectivity index (χ0) is 23.2. The van der Waals surface area contributed by atoms with Crippen LogP contribution >= 0.6 is 22.9 Å². The van der Waals surface area contributed by atoms with Crippen molar-refractivity contribution in [2.45, 2.75) is 0 Å². The van der Waals surface area contributed by atoms with Crippen LogP contribution in [0.25, 0.3) is 10.2 Å². The summed E-state index contributed by atoms with van der Waals surface area (Å²) in [6.45, 7) is 0. The lowest BCUT2D eigenvalue weighted by atomic mass is 10.0. The topological polar surface area (TPSA) is 109 Å². The van der Waals surface area contributed by atoms with Gasteiger partial charge in [-0.2, -0.15) is 0 Å². The van der Waals surface area contributed by atoms with E-state index < -0.39 is 35.5 Å². The number of imide groups is 2. The van der Waals surface area contributed by atoms with E-state index in [1.54, 1.807) is 0 Å². The average Bonchev–Trinajstić information content (AvgIpc) is 3.18. The first-order valence-electron chi connectivity index (χ1n) is 9.10. The van der Waals surface area contributed by atoms with Crippen molar-refractivity contribution in [2.75, 3.05) is 19.4 Å². The Labute approximate surface area is 189 Å². The maximum Gasteiger partial charge on any atom is 0.332 e. The molecule has 0 unspecified atom stereocenters. The number of benzene rings is 2. The number of hydrogen-bond donors (Lipinski definition) is 1. The Hall–Kier alpha value is -3.57. The van der Waals surface area contributed by atoms with Crippen molar-refractivity contribution in [2.24, 2.45) is 5.92 Å². The Morgan fingerprint density at radius 3 is 2.34 bits per heavy atom. The number of halogens is 2. The minimum atomic E-state index is -1.66. The fourth-order valence-electron chi connectivity index (χ4n) is 3.01. The SMILES string of the molecule is CN1C(=O)C(C(=O)Nc2ccc(Oc3nc4ccc(F)c(Cl)c4s3)cc2)C(=O)N(C)C1=O. The number of carbonyl (C=O) groups is 4. The summed E-state index contributed by atoms with van der Waals surface area (Å²) in [6.07, 6.45) is 0. The molecule has 1 fully saturated rings. The summed E-state index contributed by atoms with van der Waals surface area (Å²) in [5.41, 5.74) is 0.801.